The Balaban J connectivity index is 1.88. The summed E-state index contributed by atoms with van der Waals surface area (Å²) < 4.78 is 0. The zero-order chi connectivity index (χ0) is 20.9. The molecular formula is C19H24N5O5+. The maximum Gasteiger partial charge on any atom is 0.330 e. The van der Waals surface area contributed by atoms with E-state index in [1.165, 1.54) is 17.0 Å². The number of nitrogens with one attached hydrogen (secondary N) is 2. The van der Waals surface area contributed by atoms with Crippen LogP contribution in [0.15, 0.2) is 18.2 Å². The molecule has 0 aliphatic carbocycles. The lowest BCUT2D eigenvalue weighted by molar-refractivity contribution is -0.883. The second-order valence-electron chi connectivity index (χ2n) is 8.05. The number of barbiturate groups is 1. The van der Waals surface area contributed by atoms with Gasteiger partial charge in [0.25, 0.3) is 5.69 Å². The summed E-state index contributed by atoms with van der Waals surface area (Å²) in [5.41, 5.74) is -0.155. The first-order chi connectivity index (χ1) is 13.8. The molecule has 1 unspecified atom stereocenters. The standard InChI is InChI=1S/C19H23N5O5/c1-3-6-23-17(26)19(16(25)20-18(23)27)10-12-9-13(24(28)29)4-5-14(12)22-8-7-21(2)11-15(19)22/h4-5,9,15H,3,6-8,10-11H2,1-2H3,(H,20,25,27)/p+1/t15-,19+/m1/s1. The summed E-state index contributed by atoms with van der Waals surface area (Å²) in [4.78, 5) is 54.2. The monoisotopic (exact) mass is 402 g/mol. The number of amides is 4. The number of benzene rings is 1. The van der Waals surface area contributed by atoms with Crippen LogP contribution in [0.2, 0.25) is 0 Å². The lowest BCUT2D eigenvalue weighted by atomic mass is 9.67. The molecule has 1 aromatic rings. The number of carbonyl (C=O) groups is 3. The van der Waals surface area contributed by atoms with Gasteiger partial charge in [0.05, 0.1) is 31.6 Å². The van der Waals surface area contributed by atoms with Gasteiger partial charge in [-0.05, 0) is 18.1 Å². The zero-order valence-electron chi connectivity index (χ0n) is 16.4. The summed E-state index contributed by atoms with van der Waals surface area (Å²) in [5, 5.41) is 13.7. The van der Waals surface area contributed by atoms with Crippen molar-refractivity contribution in [2.24, 2.45) is 5.41 Å². The fraction of sp³-hybridized carbons (Fsp3) is 0.526. The van der Waals surface area contributed by atoms with E-state index in [0.29, 0.717) is 25.1 Å². The number of nitrogens with zero attached hydrogens (tertiary/aromatic N) is 3. The van der Waals surface area contributed by atoms with Gasteiger partial charge in [-0.2, -0.15) is 0 Å². The average molecular weight is 402 g/mol. The summed E-state index contributed by atoms with van der Waals surface area (Å²) in [6.07, 6.45) is 0.613. The number of quaternary nitrogens is 1. The molecule has 0 aromatic heterocycles. The molecule has 29 heavy (non-hydrogen) atoms. The van der Waals surface area contributed by atoms with E-state index in [2.05, 4.69) is 5.32 Å². The highest BCUT2D eigenvalue weighted by molar-refractivity contribution is 6.20. The van der Waals surface area contributed by atoms with Crippen LogP contribution in [-0.4, -0.2) is 66.9 Å². The van der Waals surface area contributed by atoms with Gasteiger partial charge in [0.2, 0.25) is 11.8 Å². The molecule has 3 atom stereocenters. The topological polar surface area (TPSA) is 117 Å². The number of urea groups is 1. The Morgan fingerprint density at radius 3 is 2.79 bits per heavy atom. The first-order valence-corrected chi connectivity index (χ1v) is 9.82. The van der Waals surface area contributed by atoms with Gasteiger partial charge >= 0.3 is 6.03 Å². The molecule has 154 valence electrons. The number of non-ortho nitro benzene ring substituents is 1. The molecule has 1 spiro atoms. The van der Waals surface area contributed by atoms with Crippen molar-refractivity contribution in [1.29, 1.82) is 0 Å². The molecule has 4 rings (SSSR count). The van der Waals surface area contributed by atoms with E-state index in [4.69, 9.17) is 0 Å². The average Bonchev–Trinajstić information content (AvgIpc) is 2.68. The second kappa shape index (κ2) is 6.80. The zero-order valence-corrected chi connectivity index (χ0v) is 16.4. The van der Waals surface area contributed by atoms with E-state index >= 15 is 0 Å². The van der Waals surface area contributed by atoms with Crippen LogP contribution < -0.4 is 15.1 Å². The molecule has 3 heterocycles. The molecule has 0 saturated carbocycles. The SMILES string of the molecule is CCCN1C(=O)NC(=O)[C@@]2(Cc3cc([N+](=O)[O-])ccc3N3CC[NH+](C)C[C@@H]32)C1=O. The molecule has 3 aliphatic rings. The van der Waals surface area contributed by atoms with Crippen molar-refractivity contribution in [2.45, 2.75) is 25.8 Å². The van der Waals surface area contributed by atoms with E-state index in [9.17, 15) is 24.5 Å². The molecular weight excluding hydrogens is 378 g/mol. The summed E-state index contributed by atoms with van der Waals surface area (Å²) in [6.45, 7) is 4.07. The molecule has 4 amide bonds. The summed E-state index contributed by atoms with van der Waals surface area (Å²) in [5.74, 6) is -1.11. The van der Waals surface area contributed by atoms with Crippen molar-refractivity contribution in [3.63, 3.8) is 0 Å². The molecule has 2 fully saturated rings. The molecule has 1 aromatic carbocycles. The van der Waals surface area contributed by atoms with Crippen molar-refractivity contribution < 1.29 is 24.2 Å². The largest absolute Gasteiger partial charge is 0.355 e. The fourth-order valence-corrected chi connectivity index (χ4v) is 4.85. The normalized spacial score (nSPS) is 28.8. The van der Waals surface area contributed by atoms with E-state index in [0.717, 1.165) is 17.1 Å². The van der Waals surface area contributed by atoms with Crippen LogP contribution in [0.3, 0.4) is 0 Å². The third kappa shape index (κ3) is 2.78. The summed E-state index contributed by atoms with van der Waals surface area (Å²) >= 11 is 0. The first kappa shape index (κ1) is 19.3. The number of carbonyl (C=O) groups excluding carboxylic acids is 3. The highest BCUT2D eigenvalue weighted by atomic mass is 16.6. The second-order valence-corrected chi connectivity index (χ2v) is 8.05. The van der Waals surface area contributed by atoms with Gasteiger partial charge in [0.15, 0.2) is 5.41 Å². The predicted molar refractivity (Wildman–Crippen MR) is 103 cm³/mol. The minimum absolute atomic E-state index is 0.0383. The van der Waals surface area contributed by atoms with E-state index in [1.54, 1.807) is 6.07 Å². The quantitative estimate of drug-likeness (QED) is 0.393. The van der Waals surface area contributed by atoms with E-state index in [1.807, 2.05) is 18.9 Å². The predicted octanol–water partition coefficient (Wildman–Crippen LogP) is -0.671. The van der Waals surface area contributed by atoms with Crippen LogP contribution >= 0.6 is 0 Å². The van der Waals surface area contributed by atoms with Gasteiger partial charge in [-0.1, -0.05) is 6.92 Å². The first-order valence-electron chi connectivity index (χ1n) is 9.82. The Kier molecular flexibility index (Phi) is 4.53. The number of imide groups is 2. The maximum atomic E-state index is 13.6. The van der Waals surface area contributed by atoms with Crippen LogP contribution in [0.1, 0.15) is 18.9 Å². The van der Waals surface area contributed by atoms with Gasteiger partial charge in [-0.3, -0.25) is 29.9 Å². The molecule has 2 N–H and O–H groups in total. The van der Waals surface area contributed by atoms with Crippen molar-refractivity contribution in [3.05, 3.63) is 33.9 Å². The summed E-state index contributed by atoms with van der Waals surface area (Å²) in [6, 6.07) is 3.48. The van der Waals surface area contributed by atoms with Crippen molar-refractivity contribution in [2.75, 3.05) is 38.1 Å². The molecule has 2 saturated heterocycles. The lowest BCUT2D eigenvalue weighted by Crippen LogP contribution is -3.14. The molecule has 10 heteroatoms. The molecule has 0 radical (unpaired) electrons. The van der Waals surface area contributed by atoms with E-state index < -0.39 is 34.2 Å². The number of nitro groups is 1. The van der Waals surface area contributed by atoms with Crippen LogP contribution in [0, 0.1) is 15.5 Å². The number of likely N-dealkylation sites (N-methyl/N-ethyl adjacent to an activating group) is 1. The van der Waals surface area contributed by atoms with Gasteiger partial charge < -0.3 is 9.80 Å². The highest BCUT2D eigenvalue weighted by Gasteiger charge is 2.63. The molecule has 0 bridgehead atoms. The summed E-state index contributed by atoms with van der Waals surface area (Å²) in [7, 11) is 2.01. The number of hydrogen-bond acceptors (Lipinski definition) is 6. The third-order valence-electron chi connectivity index (χ3n) is 6.26. The fourth-order valence-electron chi connectivity index (χ4n) is 4.85. The van der Waals surface area contributed by atoms with Gasteiger partial charge in [0, 0.05) is 30.8 Å². The lowest BCUT2D eigenvalue weighted by Gasteiger charge is -2.53. The van der Waals surface area contributed by atoms with Crippen molar-refractivity contribution in [1.82, 2.24) is 10.2 Å². The Bertz CT molecular complexity index is 918. The maximum absolute atomic E-state index is 13.6. The Hall–Kier alpha value is -3.01. The number of fused-ring (bicyclic) bond motifs is 4. The van der Waals surface area contributed by atoms with Gasteiger partial charge in [-0.25, -0.2) is 4.79 Å². The minimum atomic E-state index is -1.48. The smallest absolute Gasteiger partial charge is 0.330 e. The number of anilines is 1. The van der Waals surface area contributed by atoms with Crippen LogP contribution in [0.5, 0.6) is 0 Å². The number of rotatable bonds is 3. The van der Waals surface area contributed by atoms with Crippen molar-refractivity contribution >= 4 is 29.2 Å². The minimum Gasteiger partial charge on any atom is -0.355 e. The molecule has 10 nitrogen and oxygen atoms in total. The number of piperazine rings is 1. The van der Waals surface area contributed by atoms with Crippen LogP contribution in [0.25, 0.3) is 0 Å². The number of nitro benzene ring substituents is 1. The van der Waals surface area contributed by atoms with Crippen LogP contribution in [-0.2, 0) is 16.0 Å². The Morgan fingerprint density at radius 2 is 2.10 bits per heavy atom. The van der Waals surface area contributed by atoms with Gasteiger partial charge in [-0.15, -0.1) is 0 Å². The van der Waals surface area contributed by atoms with E-state index in [-0.39, 0.29) is 18.7 Å². The highest BCUT2D eigenvalue weighted by Crippen LogP contribution is 2.45. The van der Waals surface area contributed by atoms with Crippen LogP contribution in [0.4, 0.5) is 16.2 Å². The Morgan fingerprint density at radius 1 is 1.34 bits per heavy atom. The van der Waals surface area contributed by atoms with Crippen molar-refractivity contribution in [3.8, 4) is 0 Å². The Labute approximate surface area is 167 Å². The molecule has 3 aliphatic heterocycles. The third-order valence-corrected chi connectivity index (χ3v) is 6.26. The number of hydrogen-bond donors (Lipinski definition) is 2. The van der Waals surface area contributed by atoms with Gasteiger partial charge in [0.1, 0.15) is 6.04 Å².